The predicted octanol–water partition coefficient (Wildman–Crippen LogP) is 8.45. The highest BCUT2D eigenvalue weighted by molar-refractivity contribution is 9.11. The van der Waals surface area contributed by atoms with Crippen molar-refractivity contribution in [2.24, 2.45) is 0 Å². The van der Waals surface area contributed by atoms with Gasteiger partial charge in [-0.2, -0.15) is 0 Å². The molecule has 0 aliphatic heterocycles. The van der Waals surface area contributed by atoms with Crippen molar-refractivity contribution in [3.8, 4) is 33.6 Å². The Balaban J connectivity index is 1.77. The molecular weight excluding hydrogens is 540 g/mol. The van der Waals surface area contributed by atoms with Crippen LogP contribution in [-0.4, -0.2) is 22.5 Å². The van der Waals surface area contributed by atoms with Gasteiger partial charge in [-0.3, -0.25) is 9.97 Å². The summed E-state index contributed by atoms with van der Waals surface area (Å²) in [6.07, 6.45) is 7.90. The molecule has 0 bridgehead atoms. The number of thioether (sulfide) groups is 2. The highest BCUT2D eigenvalue weighted by Gasteiger charge is 2.13. The minimum atomic E-state index is 0.940. The van der Waals surface area contributed by atoms with Gasteiger partial charge in [0.15, 0.2) is 0 Å². The van der Waals surface area contributed by atoms with Crippen molar-refractivity contribution >= 4 is 55.4 Å². The molecule has 0 fully saturated rings. The zero-order valence-electron chi connectivity index (χ0n) is 16.4. The van der Waals surface area contributed by atoms with E-state index in [1.54, 1.807) is 23.5 Å². The van der Waals surface area contributed by atoms with Crippen molar-refractivity contribution in [1.82, 2.24) is 9.97 Å². The third-order valence-electron chi connectivity index (χ3n) is 4.77. The molecule has 2 nitrogen and oxygen atoms in total. The van der Waals surface area contributed by atoms with Crippen LogP contribution in [0.25, 0.3) is 33.6 Å². The molecule has 0 N–H and O–H groups in total. The Morgan fingerprint density at radius 1 is 0.600 bits per heavy atom. The molecule has 0 saturated heterocycles. The number of benzene rings is 2. The van der Waals surface area contributed by atoms with Crippen LogP contribution in [0.4, 0.5) is 0 Å². The first-order chi connectivity index (χ1) is 14.6. The van der Waals surface area contributed by atoms with Gasteiger partial charge in [0.05, 0.1) is 11.4 Å². The zero-order chi connectivity index (χ0) is 21.1. The summed E-state index contributed by atoms with van der Waals surface area (Å²) >= 11 is 10.8. The van der Waals surface area contributed by atoms with E-state index in [2.05, 4.69) is 115 Å². The van der Waals surface area contributed by atoms with Gasteiger partial charge in [-0.25, -0.2) is 0 Å². The number of hydrogen-bond acceptors (Lipinski definition) is 4. The van der Waals surface area contributed by atoms with E-state index in [0.29, 0.717) is 0 Å². The molecule has 0 aliphatic rings. The number of nitrogens with zero attached hydrogens (tertiary/aromatic N) is 2. The summed E-state index contributed by atoms with van der Waals surface area (Å²) in [5.41, 5.74) is 6.22. The number of pyridine rings is 2. The van der Waals surface area contributed by atoms with Crippen LogP contribution < -0.4 is 0 Å². The van der Waals surface area contributed by atoms with Gasteiger partial charge in [0.1, 0.15) is 0 Å². The molecule has 0 radical (unpaired) electrons. The Labute approximate surface area is 202 Å². The monoisotopic (exact) mass is 556 g/mol. The van der Waals surface area contributed by atoms with E-state index in [4.69, 9.17) is 0 Å². The highest BCUT2D eigenvalue weighted by Crippen LogP contribution is 2.37. The Morgan fingerprint density at radius 3 is 1.30 bits per heavy atom. The third-order valence-corrected chi connectivity index (χ3v) is 7.52. The lowest BCUT2D eigenvalue weighted by Crippen LogP contribution is -1.91. The van der Waals surface area contributed by atoms with Crippen molar-refractivity contribution < 1.29 is 0 Å². The first kappa shape index (κ1) is 21.6. The summed E-state index contributed by atoms with van der Waals surface area (Å²) in [5, 5.41) is 0. The second-order valence-corrected chi connectivity index (χ2v) is 10.0. The molecule has 0 unspecified atom stereocenters. The normalized spacial score (nSPS) is 10.9. The van der Waals surface area contributed by atoms with E-state index < -0.39 is 0 Å². The Hall–Kier alpha value is -1.60. The molecule has 0 aliphatic carbocycles. The van der Waals surface area contributed by atoms with Crippen molar-refractivity contribution in [3.05, 3.63) is 82.0 Å². The number of halogens is 2. The lowest BCUT2D eigenvalue weighted by atomic mass is 10.0. The largest absolute Gasteiger partial charge is 0.255 e. The lowest BCUT2D eigenvalue weighted by Gasteiger charge is -2.12. The predicted molar refractivity (Wildman–Crippen MR) is 137 cm³/mol. The first-order valence-corrected chi connectivity index (χ1v) is 13.2. The Kier molecular flexibility index (Phi) is 6.98. The molecule has 4 aromatic rings. The molecular formula is C24H18Br2N2S2. The van der Waals surface area contributed by atoms with Crippen LogP contribution >= 0.6 is 55.4 Å². The van der Waals surface area contributed by atoms with E-state index >= 15 is 0 Å². The van der Waals surface area contributed by atoms with Crippen molar-refractivity contribution in [2.45, 2.75) is 9.79 Å². The summed E-state index contributed by atoms with van der Waals surface area (Å²) in [5.74, 6) is 0. The molecule has 6 heteroatoms. The average molecular weight is 558 g/mol. The molecule has 0 spiro atoms. The Morgan fingerprint density at radius 2 is 0.967 bits per heavy atom. The van der Waals surface area contributed by atoms with Crippen LogP contribution in [0.1, 0.15) is 0 Å². The summed E-state index contributed by atoms with van der Waals surface area (Å²) in [7, 11) is 0. The minimum absolute atomic E-state index is 0.940. The highest BCUT2D eigenvalue weighted by atomic mass is 79.9. The van der Waals surface area contributed by atoms with E-state index in [9.17, 15) is 0 Å². The van der Waals surface area contributed by atoms with E-state index in [0.717, 1.165) is 42.6 Å². The minimum Gasteiger partial charge on any atom is -0.255 e. The van der Waals surface area contributed by atoms with E-state index in [1.165, 1.54) is 9.79 Å². The van der Waals surface area contributed by atoms with Crippen LogP contribution in [0.15, 0.2) is 91.8 Å². The van der Waals surface area contributed by atoms with Crippen LogP contribution in [0.3, 0.4) is 0 Å². The molecule has 150 valence electrons. The Bertz CT molecular complexity index is 1080. The second kappa shape index (κ2) is 9.69. The number of rotatable bonds is 5. The zero-order valence-corrected chi connectivity index (χ0v) is 21.2. The van der Waals surface area contributed by atoms with Crippen LogP contribution in [0, 0.1) is 0 Å². The van der Waals surface area contributed by atoms with Crippen LogP contribution in [0.2, 0.25) is 0 Å². The van der Waals surface area contributed by atoms with Gasteiger partial charge in [-0.15, -0.1) is 23.5 Å². The van der Waals surface area contributed by atoms with Crippen molar-refractivity contribution in [3.63, 3.8) is 0 Å². The summed E-state index contributed by atoms with van der Waals surface area (Å²) < 4.78 is 1.89. The van der Waals surface area contributed by atoms with Gasteiger partial charge >= 0.3 is 0 Å². The maximum absolute atomic E-state index is 4.63. The molecule has 2 aromatic heterocycles. The van der Waals surface area contributed by atoms with Gasteiger partial charge in [0, 0.05) is 53.4 Å². The fourth-order valence-electron chi connectivity index (χ4n) is 3.13. The average Bonchev–Trinajstić information content (AvgIpc) is 2.80. The molecule has 0 atom stereocenters. The van der Waals surface area contributed by atoms with Crippen molar-refractivity contribution in [2.75, 3.05) is 12.5 Å². The van der Waals surface area contributed by atoms with Crippen LogP contribution in [0.5, 0.6) is 0 Å². The molecule has 30 heavy (non-hydrogen) atoms. The molecule has 0 amide bonds. The van der Waals surface area contributed by atoms with Gasteiger partial charge in [-0.1, -0.05) is 24.3 Å². The van der Waals surface area contributed by atoms with Crippen LogP contribution in [-0.2, 0) is 0 Å². The quantitative estimate of drug-likeness (QED) is 0.230. The smallest absolute Gasteiger partial charge is 0.0709 e. The summed E-state index contributed by atoms with van der Waals surface area (Å²) in [4.78, 5) is 11.7. The molecule has 2 aromatic carbocycles. The lowest BCUT2D eigenvalue weighted by molar-refractivity contribution is 1.28. The molecule has 4 rings (SSSR count). The maximum atomic E-state index is 4.63. The number of hydrogen-bond donors (Lipinski definition) is 0. The van der Waals surface area contributed by atoms with Gasteiger partial charge in [0.2, 0.25) is 0 Å². The molecule has 2 heterocycles. The molecule has 0 saturated carbocycles. The number of aromatic nitrogens is 2. The van der Waals surface area contributed by atoms with Crippen molar-refractivity contribution in [1.29, 1.82) is 0 Å². The van der Waals surface area contributed by atoms with E-state index in [1.807, 2.05) is 12.4 Å². The fraction of sp³-hybridized carbons (Fsp3) is 0.0833. The SMILES string of the molecule is CSc1ccc(-c2cc(-c3cc(-c4ccc(SC)cc4)ncc3Br)c(Br)cn2)cc1. The van der Waals surface area contributed by atoms with Gasteiger partial charge in [-0.05, 0) is 80.8 Å². The third kappa shape index (κ3) is 4.67. The topological polar surface area (TPSA) is 25.8 Å². The van der Waals surface area contributed by atoms with E-state index in [-0.39, 0.29) is 0 Å². The summed E-state index contributed by atoms with van der Waals surface area (Å²) in [6, 6.07) is 21.2. The van der Waals surface area contributed by atoms with Gasteiger partial charge in [0.25, 0.3) is 0 Å². The standard InChI is InChI=1S/C24H18Br2N2S2/c1-29-17-7-3-15(4-8-17)23-11-19(21(25)13-27-23)20-12-24(28-14-22(20)26)16-5-9-18(30-2)10-6-16/h3-14H,1-2H3. The fourth-order valence-corrected chi connectivity index (χ4v) is 4.81. The van der Waals surface area contributed by atoms with Gasteiger partial charge < -0.3 is 0 Å². The summed E-state index contributed by atoms with van der Waals surface area (Å²) in [6.45, 7) is 0. The first-order valence-electron chi connectivity index (χ1n) is 9.19. The maximum Gasteiger partial charge on any atom is 0.0709 e. The second-order valence-electron chi connectivity index (χ2n) is 6.56.